The van der Waals surface area contributed by atoms with Gasteiger partial charge in [-0.2, -0.15) is 0 Å². The summed E-state index contributed by atoms with van der Waals surface area (Å²) in [4.78, 5) is 36.4. The summed E-state index contributed by atoms with van der Waals surface area (Å²) in [6.45, 7) is 6.07. The van der Waals surface area contributed by atoms with E-state index in [1.54, 1.807) is 19.9 Å². The molecule has 0 bridgehead atoms. The molecular formula is C31H49NO8. The molecule has 0 aliphatic heterocycles. The highest BCUT2D eigenvalue weighted by Gasteiger charge is 2.15. The normalized spacial score (nSPS) is 11.1. The summed E-state index contributed by atoms with van der Waals surface area (Å²) in [6, 6.07) is 4.56. The van der Waals surface area contributed by atoms with E-state index in [2.05, 4.69) is 12.2 Å². The van der Waals surface area contributed by atoms with Crippen LogP contribution in [0.5, 0.6) is 5.75 Å². The molecule has 0 spiro atoms. The van der Waals surface area contributed by atoms with Gasteiger partial charge in [-0.05, 0) is 38.5 Å². The number of ether oxygens (including phenoxy) is 5. The zero-order valence-electron chi connectivity index (χ0n) is 24.9. The van der Waals surface area contributed by atoms with Crippen LogP contribution in [0.25, 0.3) is 0 Å². The average molecular weight is 564 g/mol. The first-order valence-corrected chi connectivity index (χ1v) is 14.7. The summed E-state index contributed by atoms with van der Waals surface area (Å²) in [5, 5.41) is 2.93. The number of benzene rings is 1. The third-order valence-electron chi connectivity index (χ3n) is 6.11. The quantitative estimate of drug-likeness (QED) is 0.0497. The number of hydrogen-bond acceptors (Lipinski definition) is 9. The Kier molecular flexibility index (Phi) is 19.6. The van der Waals surface area contributed by atoms with Crippen molar-refractivity contribution in [1.29, 1.82) is 0 Å². The predicted octanol–water partition coefficient (Wildman–Crippen LogP) is 6.95. The Morgan fingerprint density at radius 2 is 1.35 bits per heavy atom. The van der Waals surface area contributed by atoms with Gasteiger partial charge < -0.3 is 29.0 Å². The molecule has 0 aliphatic rings. The molecule has 0 radical (unpaired) electrons. The topological polar surface area (TPSA) is 109 Å². The number of hydrogen-bond donors (Lipinski definition) is 1. The smallest absolute Gasteiger partial charge is 0.344 e. The van der Waals surface area contributed by atoms with Crippen molar-refractivity contribution in [2.45, 2.75) is 97.8 Å². The zero-order valence-corrected chi connectivity index (χ0v) is 24.9. The predicted molar refractivity (Wildman–Crippen MR) is 155 cm³/mol. The van der Waals surface area contributed by atoms with E-state index in [4.69, 9.17) is 23.7 Å². The molecule has 0 saturated carbocycles. The molecule has 0 atom stereocenters. The molecule has 9 nitrogen and oxygen atoms in total. The Bertz CT molecular complexity index is 899. The number of nitrogens with one attached hydrogen (secondary N) is 1. The second-order valence-corrected chi connectivity index (χ2v) is 9.42. The highest BCUT2D eigenvalue weighted by molar-refractivity contribution is 5.92. The lowest BCUT2D eigenvalue weighted by molar-refractivity contribution is -0.147. The summed E-state index contributed by atoms with van der Waals surface area (Å²) in [6.07, 6.45) is 15.9. The maximum absolute atomic E-state index is 12.5. The van der Waals surface area contributed by atoms with Crippen LogP contribution in [0.1, 0.15) is 108 Å². The van der Waals surface area contributed by atoms with Gasteiger partial charge in [-0.1, -0.05) is 77.6 Å². The van der Waals surface area contributed by atoms with Crippen LogP contribution in [0.4, 0.5) is 5.69 Å². The van der Waals surface area contributed by atoms with E-state index in [9.17, 15) is 14.4 Å². The Balaban J connectivity index is 2.38. The van der Waals surface area contributed by atoms with Crippen LogP contribution in [0.15, 0.2) is 30.2 Å². The molecular weight excluding hydrogens is 514 g/mol. The van der Waals surface area contributed by atoms with Gasteiger partial charge in [-0.25, -0.2) is 14.4 Å². The number of methoxy groups -OCH3 is 1. The van der Waals surface area contributed by atoms with E-state index in [0.717, 1.165) is 19.3 Å². The van der Waals surface area contributed by atoms with Crippen molar-refractivity contribution < 1.29 is 38.1 Å². The molecule has 1 aromatic carbocycles. The molecule has 226 valence electrons. The third-order valence-corrected chi connectivity index (χ3v) is 6.11. The molecule has 1 N–H and O–H groups in total. The van der Waals surface area contributed by atoms with Gasteiger partial charge in [0.2, 0.25) is 0 Å². The van der Waals surface area contributed by atoms with Gasteiger partial charge in [0.25, 0.3) is 0 Å². The van der Waals surface area contributed by atoms with Crippen LogP contribution in [-0.4, -0.2) is 51.4 Å². The Labute approximate surface area is 239 Å². The summed E-state index contributed by atoms with van der Waals surface area (Å²) in [7, 11) is 1.47. The fraction of sp³-hybridized carbons (Fsp3) is 0.645. The van der Waals surface area contributed by atoms with Crippen LogP contribution in [0.2, 0.25) is 0 Å². The van der Waals surface area contributed by atoms with Crippen molar-refractivity contribution in [3.63, 3.8) is 0 Å². The Morgan fingerprint density at radius 3 is 1.93 bits per heavy atom. The molecule has 0 aromatic heterocycles. The van der Waals surface area contributed by atoms with Crippen LogP contribution in [0, 0.1) is 0 Å². The van der Waals surface area contributed by atoms with Gasteiger partial charge in [0.15, 0.2) is 12.5 Å². The number of rotatable bonds is 23. The lowest BCUT2D eigenvalue weighted by atomic mass is 10.1. The lowest BCUT2D eigenvalue weighted by Crippen LogP contribution is -2.17. The minimum absolute atomic E-state index is 0.131. The van der Waals surface area contributed by atoms with Crippen LogP contribution >= 0.6 is 0 Å². The Hall–Kier alpha value is -3.23. The van der Waals surface area contributed by atoms with Gasteiger partial charge in [0, 0.05) is 0 Å². The SMILES string of the molecule is CCCCCCCCCCCCCCOC(=O)COC(=O)c1ccc(OC)c(N/C(=C/C(=O)OCC)OCC)c1. The largest absolute Gasteiger partial charge is 0.495 e. The molecule has 9 heteroatoms. The fourth-order valence-electron chi connectivity index (χ4n) is 4.00. The summed E-state index contributed by atoms with van der Waals surface area (Å²) in [5.74, 6) is -1.31. The zero-order chi connectivity index (χ0) is 29.4. The van der Waals surface area contributed by atoms with Crippen LogP contribution < -0.4 is 10.1 Å². The molecule has 0 amide bonds. The van der Waals surface area contributed by atoms with E-state index >= 15 is 0 Å². The minimum atomic E-state index is -0.694. The number of unbranched alkanes of at least 4 members (excludes halogenated alkanes) is 11. The molecule has 0 aliphatic carbocycles. The fourth-order valence-corrected chi connectivity index (χ4v) is 4.00. The lowest BCUT2D eigenvalue weighted by Gasteiger charge is -2.15. The van der Waals surface area contributed by atoms with Crippen LogP contribution in [-0.2, 0) is 28.5 Å². The van der Waals surface area contributed by atoms with Crippen LogP contribution in [0.3, 0.4) is 0 Å². The number of carbonyl (C=O) groups is 3. The second kappa shape index (κ2) is 22.6. The number of carbonyl (C=O) groups excluding carboxylic acids is 3. The van der Waals surface area contributed by atoms with E-state index in [1.807, 2.05) is 0 Å². The molecule has 0 saturated heterocycles. The minimum Gasteiger partial charge on any atom is -0.495 e. The van der Waals surface area contributed by atoms with Crippen molar-refractivity contribution >= 4 is 23.6 Å². The van der Waals surface area contributed by atoms with Crippen molar-refractivity contribution in [3.05, 3.63) is 35.7 Å². The van der Waals surface area contributed by atoms with Gasteiger partial charge in [-0.15, -0.1) is 0 Å². The number of anilines is 1. The van der Waals surface area contributed by atoms with Gasteiger partial charge >= 0.3 is 17.9 Å². The van der Waals surface area contributed by atoms with Crippen molar-refractivity contribution in [1.82, 2.24) is 0 Å². The van der Waals surface area contributed by atoms with Crippen molar-refractivity contribution in [2.75, 3.05) is 38.9 Å². The van der Waals surface area contributed by atoms with Crippen molar-refractivity contribution in [2.24, 2.45) is 0 Å². The highest BCUT2D eigenvalue weighted by Crippen LogP contribution is 2.27. The molecule has 1 rings (SSSR count). The maximum atomic E-state index is 12.5. The first-order valence-electron chi connectivity index (χ1n) is 14.7. The van der Waals surface area contributed by atoms with E-state index in [0.29, 0.717) is 24.7 Å². The van der Waals surface area contributed by atoms with Gasteiger partial charge in [0.1, 0.15) is 5.75 Å². The number of esters is 3. The standard InChI is InChI=1S/C31H49NO8/c1-5-8-9-10-11-12-13-14-15-16-17-18-21-39-30(34)24-40-31(35)25-19-20-27(36-4)26(22-25)32-28(37-6-2)23-29(33)38-7-3/h19-20,22-23,32H,5-18,21,24H2,1-4H3/b28-23-. The van der Waals surface area contributed by atoms with E-state index in [1.165, 1.54) is 83.1 Å². The average Bonchev–Trinajstić information content (AvgIpc) is 2.94. The van der Waals surface area contributed by atoms with Crippen molar-refractivity contribution in [3.8, 4) is 5.75 Å². The second-order valence-electron chi connectivity index (χ2n) is 9.42. The molecule has 0 heterocycles. The van der Waals surface area contributed by atoms with Gasteiger partial charge in [0.05, 0.1) is 44.3 Å². The third kappa shape index (κ3) is 16.0. The monoisotopic (exact) mass is 563 g/mol. The maximum Gasteiger partial charge on any atom is 0.344 e. The highest BCUT2D eigenvalue weighted by atomic mass is 16.6. The molecule has 40 heavy (non-hydrogen) atoms. The first-order chi connectivity index (χ1) is 19.4. The summed E-state index contributed by atoms with van der Waals surface area (Å²) in [5.41, 5.74) is 0.555. The summed E-state index contributed by atoms with van der Waals surface area (Å²) >= 11 is 0. The molecule has 0 unspecified atom stereocenters. The first kappa shape index (κ1) is 34.8. The Morgan fingerprint density at radius 1 is 0.750 bits per heavy atom. The van der Waals surface area contributed by atoms with E-state index in [-0.39, 0.29) is 18.1 Å². The molecule has 1 aromatic rings. The summed E-state index contributed by atoms with van der Waals surface area (Å²) < 4.78 is 26.0. The van der Waals surface area contributed by atoms with Gasteiger partial charge in [-0.3, -0.25) is 0 Å². The molecule has 0 fully saturated rings. The van der Waals surface area contributed by atoms with E-state index < -0.39 is 24.5 Å².